The monoisotopic (exact) mass is 907 g/mol. The molecular formula is C64H59B2N3O. The highest BCUT2D eigenvalue weighted by Crippen LogP contribution is 2.50. The number of para-hydroxylation sites is 2. The Balaban J connectivity index is 1.20. The number of benzene rings is 8. The third-order valence-electron chi connectivity index (χ3n) is 16.6. The Labute approximate surface area is 413 Å². The number of rotatable bonds is 1. The third kappa shape index (κ3) is 5.51. The average molecular weight is 908 g/mol. The van der Waals surface area contributed by atoms with Crippen LogP contribution in [0.2, 0.25) is 0 Å². The molecule has 2 aromatic heterocycles. The largest absolute Gasteiger partial charge is 0.455 e. The van der Waals surface area contributed by atoms with E-state index < -0.39 is 0 Å². The summed E-state index contributed by atoms with van der Waals surface area (Å²) < 4.78 is 9.62. The van der Waals surface area contributed by atoms with E-state index in [2.05, 4.69) is 237 Å². The molecule has 0 saturated heterocycles. The second kappa shape index (κ2) is 13.5. The lowest BCUT2D eigenvalue weighted by Gasteiger charge is -2.50. The van der Waals surface area contributed by atoms with Crippen molar-refractivity contribution < 1.29 is 4.42 Å². The van der Waals surface area contributed by atoms with Crippen LogP contribution in [0.25, 0.3) is 49.4 Å². The summed E-state index contributed by atoms with van der Waals surface area (Å²) in [7, 11) is 0. The van der Waals surface area contributed by atoms with Crippen molar-refractivity contribution in [3.63, 3.8) is 0 Å². The van der Waals surface area contributed by atoms with E-state index in [1.165, 1.54) is 122 Å². The van der Waals surface area contributed by atoms with Crippen LogP contribution in [-0.4, -0.2) is 18.0 Å². The number of furan rings is 1. The molecular weight excluding hydrogens is 848 g/mol. The van der Waals surface area contributed by atoms with E-state index in [0.29, 0.717) is 0 Å². The van der Waals surface area contributed by atoms with E-state index in [1.807, 2.05) is 0 Å². The van der Waals surface area contributed by atoms with Crippen molar-refractivity contribution in [2.75, 3.05) is 9.80 Å². The molecule has 4 aliphatic heterocycles. The van der Waals surface area contributed by atoms with Crippen molar-refractivity contribution in [3.8, 4) is 5.69 Å². The van der Waals surface area contributed by atoms with Gasteiger partial charge >= 0.3 is 0 Å². The van der Waals surface area contributed by atoms with E-state index in [9.17, 15) is 0 Å². The number of hydrogen-bond donors (Lipinski definition) is 0. The number of nitrogens with zero attached hydrogens (tertiary/aromatic N) is 3. The Morgan fingerprint density at radius 3 is 1.46 bits per heavy atom. The second-order valence-electron chi connectivity index (χ2n) is 25.0. The van der Waals surface area contributed by atoms with Crippen LogP contribution >= 0.6 is 0 Å². The SMILES string of the molecule is CC(C)(C)c1ccc(N2c3ccc(C(C)(C)C)cc3B3c4cc(C(C)(C)C)ccc4N4c5ccc(C(C)(C)C)cc5B5c6c(cc2c3c64)-n2c3ccccc3c3c4oc6ccccc6c4cc5c32)cc1. The molecule has 6 heterocycles. The van der Waals surface area contributed by atoms with E-state index in [-0.39, 0.29) is 35.1 Å². The van der Waals surface area contributed by atoms with Crippen molar-refractivity contribution >= 4 is 124 Å². The molecule has 0 unspecified atom stereocenters. The molecule has 8 aromatic carbocycles. The number of fused-ring (bicyclic) bond motifs is 17. The summed E-state index contributed by atoms with van der Waals surface area (Å²) in [6, 6.07) is 54.5. The summed E-state index contributed by atoms with van der Waals surface area (Å²) in [4.78, 5) is 5.31. The maximum atomic E-state index is 6.99. The Morgan fingerprint density at radius 1 is 0.400 bits per heavy atom. The highest BCUT2D eigenvalue weighted by atomic mass is 16.3. The van der Waals surface area contributed by atoms with Gasteiger partial charge in [-0.1, -0.05) is 174 Å². The summed E-state index contributed by atoms with van der Waals surface area (Å²) in [5.74, 6) is 0. The molecule has 14 rings (SSSR count). The van der Waals surface area contributed by atoms with Gasteiger partial charge in [-0.2, -0.15) is 0 Å². The van der Waals surface area contributed by atoms with Gasteiger partial charge in [-0.3, -0.25) is 0 Å². The number of hydrogen-bond acceptors (Lipinski definition) is 3. The molecule has 0 fully saturated rings. The van der Waals surface area contributed by atoms with Crippen LogP contribution in [0.4, 0.5) is 34.1 Å². The molecule has 0 aliphatic carbocycles. The fraction of sp³-hybridized carbons (Fsp3) is 0.250. The van der Waals surface area contributed by atoms with E-state index in [1.54, 1.807) is 0 Å². The first-order valence-corrected chi connectivity index (χ1v) is 25.5. The molecule has 70 heavy (non-hydrogen) atoms. The summed E-state index contributed by atoms with van der Waals surface area (Å²) in [5.41, 5.74) is 26.6. The Kier molecular flexibility index (Phi) is 8.09. The first-order valence-electron chi connectivity index (χ1n) is 25.5. The van der Waals surface area contributed by atoms with Crippen LogP contribution in [0.15, 0.2) is 144 Å². The minimum Gasteiger partial charge on any atom is -0.455 e. The van der Waals surface area contributed by atoms with E-state index >= 15 is 0 Å². The fourth-order valence-corrected chi connectivity index (χ4v) is 12.9. The first-order chi connectivity index (χ1) is 33.3. The van der Waals surface area contributed by atoms with Crippen molar-refractivity contribution in [3.05, 3.63) is 162 Å². The molecule has 10 aromatic rings. The van der Waals surface area contributed by atoms with Gasteiger partial charge < -0.3 is 18.8 Å². The molecule has 0 saturated carbocycles. The van der Waals surface area contributed by atoms with Gasteiger partial charge in [0.05, 0.1) is 16.4 Å². The van der Waals surface area contributed by atoms with Crippen molar-refractivity contribution in [2.24, 2.45) is 0 Å². The summed E-state index contributed by atoms with van der Waals surface area (Å²) in [6.45, 7) is 28.1. The summed E-state index contributed by atoms with van der Waals surface area (Å²) >= 11 is 0. The van der Waals surface area contributed by atoms with Gasteiger partial charge in [-0.15, -0.1) is 0 Å². The zero-order valence-corrected chi connectivity index (χ0v) is 42.7. The average Bonchev–Trinajstić information content (AvgIpc) is 3.87. The fourth-order valence-electron chi connectivity index (χ4n) is 12.9. The Bertz CT molecular complexity index is 3930. The van der Waals surface area contributed by atoms with Crippen molar-refractivity contribution in [1.82, 2.24) is 4.57 Å². The zero-order valence-electron chi connectivity index (χ0n) is 42.7. The standard InChI is InChI=1S/C64H59B2N3O/c1-61(2,3)36-21-26-40(27-22-36)67-49-28-23-37(62(4,5)6)31-44(49)65-45-32-38(63(7,8)9)24-29-50(45)69-51-30-25-39(64(10,11)12)33-46(51)66-47-34-43-41-17-14-16-20-54(41)70-60(43)55-42-18-13-15-19-48(42)68(58(47)55)53-35-52(67)56(65)59(69)57(53)66/h13-35H,1-12H3. The quantitative estimate of drug-likeness (QED) is 0.153. The van der Waals surface area contributed by atoms with Gasteiger partial charge in [-0.05, 0) is 125 Å². The molecule has 4 aliphatic rings. The third-order valence-corrected chi connectivity index (χ3v) is 16.6. The van der Waals surface area contributed by atoms with Crippen LogP contribution < -0.4 is 42.6 Å². The van der Waals surface area contributed by atoms with Gasteiger partial charge in [0.15, 0.2) is 0 Å². The first kappa shape index (κ1) is 42.0. The lowest BCUT2D eigenvalue weighted by Crippen LogP contribution is -2.68. The van der Waals surface area contributed by atoms with E-state index in [4.69, 9.17) is 4.42 Å². The molecule has 0 N–H and O–H groups in total. The zero-order chi connectivity index (χ0) is 48.3. The highest BCUT2D eigenvalue weighted by molar-refractivity contribution is 7.05. The van der Waals surface area contributed by atoms with E-state index in [0.717, 1.165) is 16.6 Å². The lowest BCUT2D eigenvalue weighted by molar-refractivity contribution is 0.590. The van der Waals surface area contributed by atoms with Gasteiger partial charge in [0, 0.05) is 56.0 Å². The van der Waals surface area contributed by atoms with Crippen LogP contribution in [0, 0.1) is 0 Å². The van der Waals surface area contributed by atoms with Gasteiger partial charge in [0.2, 0.25) is 0 Å². The molecule has 6 heteroatoms. The smallest absolute Gasteiger partial charge is 0.252 e. The topological polar surface area (TPSA) is 24.6 Å². The number of anilines is 6. The predicted molar refractivity (Wildman–Crippen MR) is 302 cm³/mol. The molecule has 0 spiro atoms. The molecule has 0 bridgehead atoms. The normalized spacial score (nSPS) is 14.7. The summed E-state index contributed by atoms with van der Waals surface area (Å²) in [5, 5.41) is 4.75. The lowest BCUT2D eigenvalue weighted by atomic mass is 9.28. The van der Waals surface area contributed by atoms with Gasteiger partial charge in [-0.25, -0.2) is 0 Å². The van der Waals surface area contributed by atoms with Gasteiger partial charge in [0.25, 0.3) is 13.4 Å². The second-order valence-corrected chi connectivity index (χ2v) is 25.0. The van der Waals surface area contributed by atoms with Crippen LogP contribution in [0.1, 0.15) is 105 Å². The Morgan fingerprint density at radius 2 is 0.886 bits per heavy atom. The van der Waals surface area contributed by atoms with Crippen molar-refractivity contribution in [2.45, 2.75) is 105 Å². The van der Waals surface area contributed by atoms with Crippen LogP contribution in [-0.2, 0) is 21.7 Å². The maximum absolute atomic E-state index is 6.99. The molecule has 0 amide bonds. The molecule has 4 nitrogen and oxygen atoms in total. The minimum atomic E-state index is -0.0540. The molecule has 0 atom stereocenters. The summed E-state index contributed by atoms with van der Waals surface area (Å²) in [6.07, 6.45) is 0. The van der Waals surface area contributed by atoms with Crippen LogP contribution in [0.5, 0.6) is 0 Å². The van der Waals surface area contributed by atoms with Crippen molar-refractivity contribution in [1.29, 1.82) is 0 Å². The Hall–Kier alpha value is -6.91. The van der Waals surface area contributed by atoms with Crippen LogP contribution in [0.3, 0.4) is 0 Å². The number of aromatic nitrogens is 1. The highest BCUT2D eigenvalue weighted by Gasteiger charge is 2.52. The minimum absolute atomic E-state index is 0.00887. The molecule has 342 valence electrons. The maximum Gasteiger partial charge on any atom is 0.252 e. The molecule has 0 radical (unpaired) electrons. The predicted octanol–water partition coefficient (Wildman–Crippen LogP) is 13.1. The van der Waals surface area contributed by atoms with Gasteiger partial charge in [0.1, 0.15) is 11.2 Å².